The zero-order valence-corrected chi connectivity index (χ0v) is 14.8. The molecule has 6 heteroatoms. The Kier molecular flexibility index (Phi) is 7.45. The molecule has 0 radical (unpaired) electrons. The van der Waals surface area contributed by atoms with Crippen LogP contribution in [0, 0.1) is 5.82 Å². The lowest BCUT2D eigenvalue weighted by Gasteiger charge is -2.29. The normalized spacial score (nSPS) is 12.7. The SMILES string of the molecule is CC(C)(C)SN.CCc1cccc(C(F)(F)C(C)(C)O)c1F. The van der Waals surface area contributed by atoms with E-state index in [1.807, 2.05) is 0 Å². The summed E-state index contributed by atoms with van der Waals surface area (Å²) in [5, 5.41) is 14.6. The Morgan fingerprint density at radius 2 is 1.59 bits per heavy atom. The monoisotopic (exact) mass is 337 g/mol. The van der Waals surface area contributed by atoms with Crippen LogP contribution in [0.15, 0.2) is 18.2 Å². The molecule has 1 rings (SSSR count). The molecule has 0 saturated heterocycles. The number of aryl methyl sites for hydroxylation is 1. The predicted octanol–water partition coefficient (Wildman–Crippen LogP) is 4.64. The largest absolute Gasteiger partial charge is 0.384 e. The fraction of sp³-hybridized carbons (Fsp3) is 0.625. The van der Waals surface area contributed by atoms with Crippen LogP contribution in [0.3, 0.4) is 0 Å². The van der Waals surface area contributed by atoms with Gasteiger partial charge in [-0.15, -0.1) is 0 Å². The molecule has 1 aromatic carbocycles. The molecule has 0 aromatic heterocycles. The van der Waals surface area contributed by atoms with E-state index in [4.69, 9.17) is 5.14 Å². The lowest BCUT2D eigenvalue weighted by molar-refractivity contribution is -0.170. The third-order valence-electron chi connectivity index (χ3n) is 2.92. The van der Waals surface area contributed by atoms with E-state index in [9.17, 15) is 18.3 Å². The Bertz CT molecular complexity index is 479. The van der Waals surface area contributed by atoms with E-state index in [-0.39, 0.29) is 10.3 Å². The van der Waals surface area contributed by atoms with Gasteiger partial charge in [0.25, 0.3) is 0 Å². The lowest BCUT2D eigenvalue weighted by Crippen LogP contribution is -2.41. The van der Waals surface area contributed by atoms with E-state index in [2.05, 4.69) is 20.8 Å². The van der Waals surface area contributed by atoms with Gasteiger partial charge >= 0.3 is 5.92 Å². The Morgan fingerprint density at radius 1 is 1.14 bits per heavy atom. The molecule has 0 aliphatic rings. The molecule has 0 fully saturated rings. The van der Waals surface area contributed by atoms with Gasteiger partial charge in [0.15, 0.2) is 0 Å². The Hall–Kier alpha value is -0.720. The number of halogens is 3. The maximum Gasteiger partial charge on any atom is 0.303 e. The number of hydrogen-bond donors (Lipinski definition) is 2. The second-order valence-electron chi connectivity index (χ2n) is 6.50. The molecule has 0 atom stereocenters. The molecular weight excluding hydrogens is 311 g/mol. The van der Waals surface area contributed by atoms with Crippen LogP contribution in [0.1, 0.15) is 52.7 Å². The van der Waals surface area contributed by atoms with Crippen molar-refractivity contribution in [2.24, 2.45) is 5.14 Å². The summed E-state index contributed by atoms with van der Waals surface area (Å²) in [6.45, 7) is 9.85. The first-order valence-electron chi connectivity index (χ1n) is 7.04. The molecule has 0 unspecified atom stereocenters. The Labute approximate surface area is 135 Å². The molecule has 0 bridgehead atoms. The van der Waals surface area contributed by atoms with Crippen LogP contribution in [0.25, 0.3) is 0 Å². The van der Waals surface area contributed by atoms with Gasteiger partial charge in [0, 0.05) is 4.75 Å². The molecule has 128 valence electrons. The van der Waals surface area contributed by atoms with Gasteiger partial charge < -0.3 is 5.11 Å². The van der Waals surface area contributed by atoms with Crippen molar-refractivity contribution in [2.75, 3.05) is 0 Å². The molecule has 0 saturated carbocycles. The highest BCUT2D eigenvalue weighted by Crippen LogP contribution is 2.40. The van der Waals surface area contributed by atoms with Gasteiger partial charge in [-0.2, -0.15) is 8.78 Å². The predicted molar refractivity (Wildman–Crippen MR) is 87.5 cm³/mol. The van der Waals surface area contributed by atoms with Crippen molar-refractivity contribution in [2.45, 2.75) is 64.2 Å². The summed E-state index contributed by atoms with van der Waals surface area (Å²) in [4.78, 5) is 0. The van der Waals surface area contributed by atoms with Crippen LogP contribution in [-0.4, -0.2) is 15.5 Å². The van der Waals surface area contributed by atoms with Gasteiger partial charge in [0.1, 0.15) is 11.4 Å². The van der Waals surface area contributed by atoms with E-state index in [0.717, 1.165) is 19.9 Å². The van der Waals surface area contributed by atoms with Crippen LogP contribution >= 0.6 is 11.9 Å². The first-order chi connectivity index (χ1) is 9.78. The third kappa shape index (κ3) is 5.82. The summed E-state index contributed by atoms with van der Waals surface area (Å²) in [6.07, 6.45) is 0.335. The molecule has 0 heterocycles. The summed E-state index contributed by atoms with van der Waals surface area (Å²) >= 11 is 1.38. The second kappa shape index (κ2) is 7.70. The molecule has 2 nitrogen and oxygen atoms in total. The second-order valence-corrected chi connectivity index (χ2v) is 7.96. The van der Waals surface area contributed by atoms with Crippen molar-refractivity contribution >= 4 is 11.9 Å². The van der Waals surface area contributed by atoms with Crippen molar-refractivity contribution in [3.63, 3.8) is 0 Å². The number of nitrogens with two attached hydrogens (primary N) is 1. The summed E-state index contributed by atoms with van der Waals surface area (Å²) < 4.78 is 41.4. The maximum atomic E-state index is 13.8. The first-order valence-corrected chi connectivity index (χ1v) is 7.91. The number of hydrogen-bond acceptors (Lipinski definition) is 3. The summed E-state index contributed by atoms with van der Waals surface area (Å²) in [5.74, 6) is -4.54. The molecular formula is C16H26F3NOS. The Morgan fingerprint density at radius 3 is 1.91 bits per heavy atom. The number of alkyl halides is 2. The van der Waals surface area contributed by atoms with Gasteiger partial charge in [-0.1, -0.05) is 31.0 Å². The van der Waals surface area contributed by atoms with Crippen molar-refractivity contribution in [1.29, 1.82) is 0 Å². The van der Waals surface area contributed by atoms with Crippen LogP contribution < -0.4 is 5.14 Å². The third-order valence-corrected chi connectivity index (χ3v) is 3.63. The van der Waals surface area contributed by atoms with Crippen LogP contribution in [0.5, 0.6) is 0 Å². The molecule has 0 spiro atoms. The average molecular weight is 337 g/mol. The maximum absolute atomic E-state index is 13.8. The van der Waals surface area contributed by atoms with Crippen molar-refractivity contribution < 1.29 is 18.3 Å². The highest BCUT2D eigenvalue weighted by molar-refractivity contribution is 7.98. The molecule has 1 aromatic rings. The number of rotatable bonds is 3. The molecule has 3 N–H and O–H groups in total. The molecule has 0 amide bonds. The minimum absolute atomic E-state index is 0.224. The summed E-state index contributed by atoms with van der Waals surface area (Å²) in [7, 11) is 0. The fourth-order valence-corrected chi connectivity index (χ4v) is 1.42. The topological polar surface area (TPSA) is 46.2 Å². The lowest BCUT2D eigenvalue weighted by atomic mass is 9.91. The average Bonchev–Trinajstić information content (AvgIpc) is 2.37. The molecule has 0 aliphatic heterocycles. The highest BCUT2D eigenvalue weighted by atomic mass is 32.2. The van der Waals surface area contributed by atoms with E-state index in [1.54, 1.807) is 6.92 Å². The highest BCUT2D eigenvalue weighted by Gasteiger charge is 2.48. The van der Waals surface area contributed by atoms with Gasteiger partial charge in [-0.05, 0) is 52.7 Å². The van der Waals surface area contributed by atoms with Crippen LogP contribution in [-0.2, 0) is 12.3 Å². The Balaban J connectivity index is 0.000000626. The zero-order valence-electron chi connectivity index (χ0n) is 14.0. The van der Waals surface area contributed by atoms with Crippen molar-refractivity contribution in [1.82, 2.24) is 0 Å². The summed E-state index contributed by atoms with van der Waals surface area (Å²) in [5.41, 5.74) is -2.82. The van der Waals surface area contributed by atoms with E-state index < -0.39 is 22.9 Å². The summed E-state index contributed by atoms with van der Waals surface area (Å²) in [6, 6.07) is 3.84. The van der Waals surface area contributed by atoms with Crippen molar-refractivity contribution in [3.8, 4) is 0 Å². The van der Waals surface area contributed by atoms with E-state index in [1.165, 1.54) is 24.1 Å². The quantitative estimate of drug-likeness (QED) is 0.790. The zero-order chi connectivity index (χ0) is 17.8. The number of benzene rings is 1. The molecule has 0 aliphatic carbocycles. The van der Waals surface area contributed by atoms with E-state index in [0.29, 0.717) is 6.42 Å². The molecule has 22 heavy (non-hydrogen) atoms. The van der Waals surface area contributed by atoms with Gasteiger partial charge in [0.2, 0.25) is 0 Å². The standard InChI is InChI=1S/C12H15F3O.C4H11NS/c1-4-8-6-5-7-9(10(8)13)12(14,15)11(2,3)16;1-4(2,3)6-5/h5-7,16H,4H2,1-3H3;5H2,1-3H3. The van der Waals surface area contributed by atoms with Crippen LogP contribution in [0.2, 0.25) is 0 Å². The van der Waals surface area contributed by atoms with Crippen LogP contribution in [0.4, 0.5) is 13.2 Å². The fourth-order valence-electron chi connectivity index (χ4n) is 1.42. The first kappa shape index (κ1) is 21.3. The van der Waals surface area contributed by atoms with E-state index >= 15 is 0 Å². The minimum Gasteiger partial charge on any atom is -0.384 e. The van der Waals surface area contributed by atoms with Crippen molar-refractivity contribution in [3.05, 3.63) is 35.1 Å². The smallest absolute Gasteiger partial charge is 0.303 e. The van der Waals surface area contributed by atoms with Gasteiger partial charge in [-0.3, -0.25) is 5.14 Å². The minimum atomic E-state index is -3.61. The van der Waals surface area contributed by atoms with Gasteiger partial charge in [0.05, 0.1) is 5.56 Å². The number of aliphatic hydroxyl groups is 1. The van der Waals surface area contributed by atoms with Gasteiger partial charge in [-0.25, -0.2) is 4.39 Å².